The molecule has 0 aliphatic heterocycles. The highest BCUT2D eigenvalue weighted by atomic mass is 19.4. The van der Waals surface area contributed by atoms with Gasteiger partial charge in [0.15, 0.2) is 7.98 Å². The number of hydrogen-bond donors (Lipinski definition) is 0. The number of ether oxygens (including phenoxy) is 1. The number of carbonyl (C=O) groups is 1. The summed E-state index contributed by atoms with van der Waals surface area (Å²) in [6.45, 7) is 3.31. The Bertz CT molecular complexity index is 322. The molecule has 0 heterocycles. The minimum atomic E-state index is -5.73. The van der Waals surface area contributed by atoms with E-state index in [1.807, 2.05) is 0 Å². The molecule has 122 valence electrons. The highest BCUT2D eigenvalue weighted by Gasteiger charge is 2.60. The Morgan fingerprint density at radius 3 is 1.86 bits per heavy atom. The van der Waals surface area contributed by atoms with E-state index >= 15 is 0 Å². The van der Waals surface area contributed by atoms with Crippen molar-refractivity contribution in [1.82, 2.24) is 9.71 Å². The van der Waals surface area contributed by atoms with Gasteiger partial charge < -0.3 is 14.4 Å². The van der Waals surface area contributed by atoms with Crippen LogP contribution in [-0.2, 0) is 4.74 Å². The maximum absolute atomic E-state index is 12.3. The summed E-state index contributed by atoms with van der Waals surface area (Å²) in [5, 5.41) is 0. The lowest BCUT2D eigenvalue weighted by Gasteiger charge is -2.28. The van der Waals surface area contributed by atoms with Gasteiger partial charge in [0.2, 0.25) is 0 Å². The fourth-order valence-electron chi connectivity index (χ4n) is 1.28. The molecule has 0 aromatic rings. The van der Waals surface area contributed by atoms with E-state index in [0.29, 0.717) is 11.4 Å². The lowest BCUT2D eigenvalue weighted by Crippen LogP contribution is -2.49. The first kappa shape index (κ1) is 19.9. The number of halogens is 6. The van der Waals surface area contributed by atoms with E-state index in [9.17, 15) is 31.1 Å². The minimum absolute atomic E-state index is 0.0855. The Morgan fingerprint density at radius 2 is 1.52 bits per heavy atom. The Hall–Kier alpha value is -1.13. The van der Waals surface area contributed by atoms with Gasteiger partial charge in [0, 0.05) is 19.6 Å². The van der Waals surface area contributed by atoms with Crippen LogP contribution in [0.1, 0.15) is 13.8 Å². The Labute approximate surface area is 119 Å². The Morgan fingerprint density at radius 1 is 1.05 bits per heavy atom. The van der Waals surface area contributed by atoms with E-state index < -0.39 is 24.5 Å². The summed E-state index contributed by atoms with van der Waals surface area (Å²) in [6, 6.07) is 0. The van der Waals surface area contributed by atoms with Crippen molar-refractivity contribution in [1.29, 1.82) is 0 Å². The van der Waals surface area contributed by atoms with Gasteiger partial charge in [0.25, 0.3) is 6.10 Å². The van der Waals surface area contributed by atoms with E-state index in [0.717, 1.165) is 0 Å². The van der Waals surface area contributed by atoms with Crippen LogP contribution in [0.2, 0.25) is 0 Å². The summed E-state index contributed by atoms with van der Waals surface area (Å²) < 4.78 is 77.2. The maximum atomic E-state index is 12.3. The van der Waals surface area contributed by atoms with Gasteiger partial charge in [0.05, 0.1) is 0 Å². The fraction of sp³-hybridized carbons (Fsp3) is 0.900. The molecule has 0 aliphatic rings. The van der Waals surface area contributed by atoms with Gasteiger partial charge in [-0.1, -0.05) is 6.92 Å². The van der Waals surface area contributed by atoms with Crippen molar-refractivity contribution in [2.75, 3.05) is 26.2 Å². The molecule has 0 saturated carbocycles. The number of carbonyl (C=O) groups excluding carboxylic acids is 1. The molecule has 0 rings (SSSR count). The third-order valence-corrected chi connectivity index (χ3v) is 2.52. The van der Waals surface area contributed by atoms with E-state index in [4.69, 9.17) is 7.98 Å². The normalized spacial score (nSPS) is 12.9. The molecule has 0 spiro atoms. The molecule has 0 aromatic carbocycles. The van der Waals surface area contributed by atoms with Gasteiger partial charge in [-0.25, -0.2) is 4.79 Å². The zero-order valence-electron chi connectivity index (χ0n) is 11.5. The number of likely N-dealkylation sites (N-methyl/N-ethyl adjacent to an activating group) is 2. The van der Waals surface area contributed by atoms with Gasteiger partial charge in [-0.2, -0.15) is 26.3 Å². The monoisotopic (exact) mass is 320 g/mol. The molecule has 21 heavy (non-hydrogen) atoms. The molecule has 4 nitrogen and oxygen atoms in total. The molecule has 2 radical (unpaired) electrons. The molecular formula is C10H15BF6N2O2. The maximum Gasteiger partial charge on any atom is 0.434 e. The highest BCUT2D eigenvalue weighted by Crippen LogP contribution is 2.35. The lowest BCUT2D eigenvalue weighted by atomic mass is 10.3. The predicted octanol–water partition coefficient (Wildman–Crippen LogP) is 2.34. The molecule has 0 atom stereocenters. The summed E-state index contributed by atoms with van der Waals surface area (Å²) >= 11 is 0. The van der Waals surface area contributed by atoms with Crippen LogP contribution >= 0.6 is 0 Å². The molecule has 0 fully saturated rings. The molecule has 0 bridgehead atoms. The molecular weight excluding hydrogens is 305 g/mol. The van der Waals surface area contributed by atoms with Crippen molar-refractivity contribution in [3.8, 4) is 0 Å². The van der Waals surface area contributed by atoms with Crippen molar-refractivity contribution in [3.63, 3.8) is 0 Å². The van der Waals surface area contributed by atoms with E-state index in [-0.39, 0.29) is 19.6 Å². The van der Waals surface area contributed by atoms with Gasteiger partial charge in [0.1, 0.15) is 0 Å². The second-order valence-electron chi connectivity index (χ2n) is 4.06. The van der Waals surface area contributed by atoms with Gasteiger partial charge in [-0.3, -0.25) is 0 Å². The van der Waals surface area contributed by atoms with Gasteiger partial charge in [-0.05, 0) is 13.5 Å². The van der Waals surface area contributed by atoms with Crippen molar-refractivity contribution in [2.45, 2.75) is 32.3 Å². The van der Waals surface area contributed by atoms with Crippen molar-refractivity contribution in [3.05, 3.63) is 0 Å². The molecule has 0 saturated heterocycles. The molecule has 1 amide bonds. The van der Waals surface area contributed by atoms with Gasteiger partial charge in [-0.15, -0.1) is 0 Å². The lowest BCUT2D eigenvalue weighted by molar-refractivity contribution is -0.308. The highest BCUT2D eigenvalue weighted by molar-refractivity contribution is 6.04. The molecule has 0 unspecified atom stereocenters. The van der Waals surface area contributed by atoms with Crippen LogP contribution in [0.15, 0.2) is 0 Å². The molecule has 11 heteroatoms. The van der Waals surface area contributed by atoms with Crippen LogP contribution < -0.4 is 0 Å². The summed E-state index contributed by atoms with van der Waals surface area (Å²) in [5.74, 6) is 0. The molecule has 0 N–H and O–H groups in total. The second kappa shape index (κ2) is 7.76. The van der Waals surface area contributed by atoms with Crippen LogP contribution in [0.3, 0.4) is 0 Å². The summed E-state index contributed by atoms with van der Waals surface area (Å²) in [4.78, 5) is 13.4. The van der Waals surface area contributed by atoms with Crippen LogP contribution in [0.25, 0.3) is 0 Å². The number of rotatable bonds is 6. The summed E-state index contributed by atoms with van der Waals surface area (Å²) in [7, 11) is 5.41. The quantitative estimate of drug-likeness (QED) is 0.556. The number of amides is 1. The predicted molar refractivity (Wildman–Crippen MR) is 62.6 cm³/mol. The smallest absolute Gasteiger partial charge is 0.426 e. The summed E-state index contributed by atoms with van der Waals surface area (Å²) in [6.07, 6.45) is -17.3. The van der Waals surface area contributed by atoms with E-state index in [1.54, 1.807) is 6.92 Å². The number of alkyl halides is 6. The van der Waals surface area contributed by atoms with Gasteiger partial charge >= 0.3 is 18.4 Å². The first-order valence-corrected chi connectivity index (χ1v) is 6.02. The van der Waals surface area contributed by atoms with Crippen LogP contribution in [-0.4, -0.2) is 68.4 Å². The standard InChI is InChI=1S/C10H15BF6N2O2/c1-3-18(5-6-19(11)4-2)8(20)21-7(9(12,13)14)10(15,16)17/h7H,3-6H2,1-2H3. The topological polar surface area (TPSA) is 32.8 Å². The number of nitrogens with zero attached hydrogens (tertiary/aromatic N) is 2. The average molecular weight is 320 g/mol. The second-order valence-corrected chi connectivity index (χ2v) is 4.06. The average Bonchev–Trinajstić information content (AvgIpc) is 2.33. The Kier molecular flexibility index (Phi) is 7.35. The van der Waals surface area contributed by atoms with E-state index in [2.05, 4.69) is 4.74 Å². The summed E-state index contributed by atoms with van der Waals surface area (Å²) in [5.41, 5.74) is 0. The third-order valence-electron chi connectivity index (χ3n) is 2.52. The first-order chi connectivity index (χ1) is 9.43. The third kappa shape index (κ3) is 6.92. The first-order valence-electron chi connectivity index (χ1n) is 6.02. The van der Waals surface area contributed by atoms with Crippen molar-refractivity contribution < 1.29 is 35.9 Å². The SMILES string of the molecule is [B]N(CC)CCN(CC)C(=O)OC(C(F)(F)F)C(F)(F)F. The minimum Gasteiger partial charge on any atom is -0.426 e. The van der Waals surface area contributed by atoms with Crippen LogP contribution in [0, 0.1) is 0 Å². The van der Waals surface area contributed by atoms with Crippen LogP contribution in [0.4, 0.5) is 31.1 Å². The zero-order chi connectivity index (χ0) is 16.8. The molecule has 0 aromatic heterocycles. The zero-order valence-corrected chi connectivity index (χ0v) is 11.5. The van der Waals surface area contributed by atoms with Crippen molar-refractivity contribution >= 4 is 14.1 Å². The van der Waals surface area contributed by atoms with Crippen molar-refractivity contribution in [2.24, 2.45) is 0 Å². The Balaban J connectivity index is 4.80. The van der Waals surface area contributed by atoms with E-state index in [1.165, 1.54) is 11.7 Å². The van der Waals surface area contributed by atoms with Crippen LogP contribution in [0.5, 0.6) is 0 Å². The fourth-order valence-corrected chi connectivity index (χ4v) is 1.28. The molecule has 0 aliphatic carbocycles. The largest absolute Gasteiger partial charge is 0.434 e. The number of hydrogen-bond acceptors (Lipinski definition) is 3.